The molecule has 0 aliphatic carbocycles. The second kappa shape index (κ2) is 10.0. The molecule has 9 nitrogen and oxygen atoms in total. The van der Waals surface area contributed by atoms with Gasteiger partial charge in [-0.1, -0.05) is 26.0 Å². The lowest BCUT2D eigenvalue weighted by molar-refractivity contribution is 0.0952. The van der Waals surface area contributed by atoms with Crippen molar-refractivity contribution in [2.75, 3.05) is 13.1 Å². The van der Waals surface area contributed by atoms with Crippen molar-refractivity contribution in [3.63, 3.8) is 0 Å². The zero-order valence-corrected chi connectivity index (χ0v) is 21.0. The first-order valence-electron chi connectivity index (χ1n) is 11.6. The van der Waals surface area contributed by atoms with Crippen LogP contribution in [0.1, 0.15) is 49.7 Å². The van der Waals surface area contributed by atoms with Gasteiger partial charge in [-0.05, 0) is 49.7 Å². The fraction of sp³-hybridized carbons (Fsp3) is 0.320. The van der Waals surface area contributed by atoms with Gasteiger partial charge in [0, 0.05) is 25.7 Å². The Hall–Kier alpha value is -3.50. The van der Waals surface area contributed by atoms with Crippen molar-refractivity contribution in [2.45, 2.75) is 45.2 Å². The van der Waals surface area contributed by atoms with E-state index in [9.17, 15) is 13.2 Å². The van der Waals surface area contributed by atoms with Gasteiger partial charge in [-0.15, -0.1) is 0 Å². The molecule has 0 fully saturated rings. The first-order chi connectivity index (χ1) is 16.8. The average Bonchev–Trinajstić information content (AvgIpc) is 3.53. The van der Waals surface area contributed by atoms with Crippen LogP contribution >= 0.6 is 0 Å². The zero-order chi connectivity index (χ0) is 25.2. The lowest BCUT2D eigenvalue weighted by atomic mass is 10.1. The minimum Gasteiger partial charge on any atom is -0.463 e. The number of carbonyl (C=O) groups excluding carboxylic acids is 1. The molecule has 1 amide bonds. The molecule has 0 bridgehead atoms. The van der Waals surface area contributed by atoms with Crippen LogP contribution in [0.25, 0.3) is 22.5 Å². The van der Waals surface area contributed by atoms with E-state index < -0.39 is 10.0 Å². The summed E-state index contributed by atoms with van der Waals surface area (Å²) in [5, 5.41) is 8.00. The molecule has 4 aromatic rings. The van der Waals surface area contributed by atoms with Gasteiger partial charge < -0.3 is 9.73 Å². The molecule has 0 unspecified atom stereocenters. The molecule has 1 N–H and O–H groups in total. The summed E-state index contributed by atoms with van der Waals surface area (Å²) < 4.78 is 34.1. The number of aromatic nitrogens is 3. The SMILES string of the molecule is CCN(CC)S(=O)(=O)c1ccc(CNC(=O)c2cc(-c3ccco3)nc3c2cnn3C(C)C)cc1. The van der Waals surface area contributed by atoms with Gasteiger partial charge in [-0.3, -0.25) is 4.79 Å². The fourth-order valence-electron chi connectivity index (χ4n) is 3.90. The van der Waals surface area contributed by atoms with Gasteiger partial charge >= 0.3 is 0 Å². The predicted molar refractivity (Wildman–Crippen MR) is 133 cm³/mol. The topological polar surface area (TPSA) is 110 Å². The summed E-state index contributed by atoms with van der Waals surface area (Å²) in [4.78, 5) is 18.1. The van der Waals surface area contributed by atoms with Gasteiger partial charge in [-0.2, -0.15) is 9.40 Å². The van der Waals surface area contributed by atoms with Crippen LogP contribution in [0.2, 0.25) is 0 Å². The smallest absolute Gasteiger partial charge is 0.252 e. The summed E-state index contributed by atoms with van der Waals surface area (Å²) in [5.41, 5.74) is 2.37. The number of benzene rings is 1. The number of nitrogens with zero attached hydrogens (tertiary/aromatic N) is 4. The van der Waals surface area contributed by atoms with Crippen molar-refractivity contribution in [1.29, 1.82) is 0 Å². The van der Waals surface area contributed by atoms with E-state index >= 15 is 0 Å². The predicted octanol–water partition coefficient (Wildman–Crippen LogP) is 4.23. The summed E-state index contributed by atoms with van der Waals surface area (Å²) in [5.74, 6) is 0.274. The summed E-state index contributed by atoms with van der Waals surface area (Å²) in [6, 6.07) is 11.9. The van der Waals surface area contributed by atoms with Crippen LogP contribution in [0.3, 0.4) is 0 Å². The Balaban J connectivity index is 1.59. The van der Waals surface area contributed by atoms with E-state index in [4.69, 9.17) is 4.42 Å². The van der Waals surface area contributed by atoms with Gasteiger partial charge in [0.15, 0.2) is 11.4 Å². The Morgan fingerprint density at radius 2 is 1.86 bits per heavy atom. The number of hydrogen-bond acceptors (Lipinski definition) is 6. The number of nitrogens with one attached hydrogen (secondary N) is 1. The summed E-state index contributed by atoms with van der Waals surface area (Å²) in [7, 11) is -3.53. The Kier molecular flexibility index (Phi) is 7.04. The standard InChI is InChI=1S/C25H29N5O4S/c1-5-29(6-2)35(32,33)19-11-9-18(10-12-19)15-26-25(31)20-14-22(23-8-7-13-34-23)28-24-21(20)16-27-30(24)17(3)4/h7-14,16-17H,5-6,15H2,1-4H3,(H,26,31). The van der Waals surface area contributed by atoms with E-state index in [1.54, 1.807) is 59.6 Å². The van der Waals surface area contributed by atoms with Crippen molar-refractivity contribution in [3.8, 4) is 11.5 Å². The molecule has 0 aliphatic rings. The minimum absolute atomic E-state index is 0.0638. The molecule has 35 heavy (non-hydrogen) atoms. The first kappa shape index (κ1) is 24.6. The molecule has 0 radical (unpaired) electrons. The third-order valence-electron chi connectivity index (χ3n) is 5.79. The van der Waals surface area contributed by atoms with Crippen LogP contribution in [0.4, 0.5) is 0 Å². The van der Waals surface area contributed by atoms with Crippen LogP contribution in [0, 0.1) is 0 Å². The summed E-state index contributed by atoms with van der Waals surface area (Å²) >= 11 is 0. The van der Waals surface area contributed by atoms with E-state index in [-0.39, 0.29) is 23.4 Å². The van der Waals surface area contributed by atoms with Crippen LogP contribution in [-0.2, 0) is 16.6 Å². The molecule has 1 aromatic carbocycles. The van der Waals surface area contributed by atoms with E-state index in [1.807, 2.05) is 27.7 Å². The number of rotatable bonds is 9. The summed E-state index contributed by atoms with van der Waals surface area (Å²) in [6.45, 7) is 8.67. The minimum atomic E-state index is -3.53. The average molecular weight is 496 g/mol. The van der Waals surface area contributed by atoms with E-state index in [1.165, 1.54) is 4.31 Å². The van der Waals surface area contributed by atoms with Crippen LogP contribution in [0.15, 0.2) is 64.2 Å². The van der Waals surface area contributed by atoms with Crippen molar-refractivity contribution in [1.82, 2.24) is 24.4 Å². The number of furan rings is 1. The maximum Gasteiger partial charge on any atom is 0.252 e. The second-order valence-electron chi connectivity index (χ2n) is 8.37. The molecule has 10 heteroatoms. The normalized spacial score (nSPS) is 12.1. The monoisotopic (exact) mass is 495 g/mol. The van der Waals surface area contributed by atoms with E-state index in [0.717, 1.165) is 5.56 Å². The third-order valence-corrected chi connectivity index (χ3v) is 7.86. The van der Waals surface area contributed by atoms with Gasteiger partial charge in [-0.25, -0.2) is 18.1 Å². The van der Waals surface area contributed by atoms with Crippen molar-refractivity contribution >= 4 is 27.0 Å². The number of hydrogen-bond donors (Lipinski definition) is 1. The maximum absolute atomic E-state index is 13.2. The Morgan fingerprint density at radius 3 is 2.46 bits per heavy atom. The van der Waals surface area contributed by atoms with Crippen molar-refractivity contribution < 1.29 is 17.6 Å². The van der Waals surface area contributed by atoms with Gasteiger partial charge in [0.1, 0.15) is 5.69 Å². The Morgan fingerprint density at radius 1 is 1.14 bits per heavy atom. The number of fused-ring (bicyclic) bond motifs is 1. The molecule has 0 saturated carbocycles. The number of carbonyl (C=O) groups is 1. The van der Waals surface area contributed by atoms with Crippen LogP contribution < -0.4 is 5.32 Å². The van der Waals surface area contributed by atoms with E-state index in [0.29, 0.717) is 41.1 Å². The van der Waals surface area contributed by atoms with Crippen molar-refractivity contribution in [3.05, 3.63) is 66.1 Å². The molecule has 4 rings (SSSR count). The largest absolute Gasteiger partial charge is 0.463 e. The molecular weight excluding hydrogens is 466 g/mol. The number of sulfonamides is 1. The Labute approximate surface area is 204 Å². The van der Waals surface area contributed by atoms with Crippen LogP contribution in [0.5, 0.6) is 0 Å². The highest BCUT2D eigenvalue weighted by Crippen LogP contribution is 2.27. The molecule has 0 spiro atoms. The molecule has 0 atom stereocenters. The number of pyridine rings is 1. The number of amides is 1. The molecule has 184 valence electrons. The lowest BCUT2D eigenvalue weighted by Gasteiger charge is -2.18. The first-order valence-corrected chi connectivity index (χ1v) is 13.0. The summed E-state index contributed by atoms with van der Waals surface area (Å²) in [6.07, 6.45) is 3.21. The maximum atomic E-state index is 13.2. The molecule has 0 saturated heterocycles. The molecular formula is C25H29N5O4S. The van der Waals surface area contributed by atoms with Gasteiger partial charge in [0.05, 0.1) is 28.3 Å². The highest BCUT2D eigenvalue weighted by molar-refractivity contribution is 7.89. The highest BCUT2D eigenvalue weighted by atomic mass is 32.2. The molecule has 3 heterocycles. The van der Waals surface area contributed by atoms with E-state index in [2.05, 4.69) is 15.4 Å². The van der Waals surface area contributed by atoms with Crippen LogP contribution in [-0.4, -0.2) is 46.5 Å². The lowest BCUT2D eigenvalue weighted by Crippen LogP contribution is -2.30. The second-order valence-corrected chi connectivity index (χ2v) is 10.3. The molecule has 0 aliphatic heterocycles. The third kappa shape index (κ3) is 4.85. The van der Waals surface area contributed by atoms with Gasteiger partial charge in [0.2, 0.25) is 10.0 Å². The van der Waals surface area contributed by atoms with Crippen molar-refractivity contribution in [2.24, 2.45) is 0 Å². The highest BCUT2D eigenvalue weighted by Gasteiger charge is 2.22. The Bertz CT molecular complexity index is 1420. The molecule has 3 aromatic heterocycles. The quantitative estimate of drug-likeness (QED) is 0.372. The van der Waals surface area contributed by atoms with Gasteiger partial charge in [0.25, 0.3) is 5.91 Å². The fourth-order valence-corrected chi connectivity index (χ4v) is 5.36. The zero-order valence-electron chi connectivity index (χ0n) is 20.2.